The molecule has 0 aromatic carbocycles. The quantitative estimate of drug-likeness (QED) is 0.801. The van der Waals surface area contributed by atoms with E-state index >= 15 is 0 Å². The van der Waals surface area contributed by atoms with Gasteiger partial charge in [0, 0.05) is 7.11 Å². The number of rotatable bonds is 4. The second kappa shape index (κ2) is 6.02. The molecular formula is C14H28O2. The molecule has 2 nitrogen and oxygen atoms in total. The monoisotopic (exact) mass is 228 g/mol. The third-order valence-electron chi connectivity index (χ3n) is 4.39. The van der Waals surface area contributed by atoms with Gasteiger partial charge in [-0.05, 0) is 36.5 Å². The van der Waals surface area contributed by atoms with E-state index < -0.39 is 0 Å². The smallest absolute Gasteiger partial charge is 0.0855 e. The van der Waals surface area contributed by atoms with Gasteiger partial charge >= 0.3 is 0 Å². The molecule has 0 radical (unpaired) electrons. The van der Waals surface area contributed by atoms with Crippen molar-refractivity contribution < 1.29 is 9.84 Å². The molecule has 1 fully saturated rings. The van der Waals surface area contributed by atoms with Gasteiger partial charge in [0.15, 0.2) is 0 Å². The molecule has 0 heterocycles. The molecule has 1 saturated carbocycles. The highest BCUT2D eigenvalue weighted by Gasteiger charge is 2.34. The van der Waals surface area contributed by atoms with Gasteiger partial charge in [-0.3, -0.25) is 0 Å². The van der Waals surface area contributed by atoms with E-state index in [1.807, 2.05) is 0 Å². The first-order valence-electron chi connectivity index (χ1n) is 6.68. The Labute approximate surface area is 100 Å². The van der Waals surface area contributed by atoms with Crippen LogP contribution in [0.25, 0.3) is 0 Å². The van der Waals surface area contributed by atoms with Gasteiger partial charge in [-0.25, -0.2) is 0 Å². The summed E-state index contributed by atoms with van der Waals surface area (Å²) in [6.45, 7) is 8.86. The fourth-order valence-corrected chi connectivity index (χ4v) is 2.97. The summed E-state index contributed by atoms with van der Waals surface area (Å²) >= 11 is 0. The summed E-state index contributed by atoms with van der Waals surface area (Å²) in [7, 11) is 1.71. The maximum Gasteiger partial charge on any atom is 0.0855 e. The summed E-state index contributed by atoms with van der Waals surface area (Å²) in [5, 5.41) is 10.4. The number of ether oxygens (including phenoxy) is 1. The van der Waals surface area contributed by atoms with Crippen LogP contribution < -0.4 is 0 Å². The zero-order valence-electron chi connectivity index (χ0n) is 11.4. The van der Waals surface area contributed by atoms with Crippen molar-refractivity contribution in [3.63, 3.8) is 0 Å². The fraction of sp³-hybridized carbons (Fsp3) is 1.00. The first-order valence-corrected chi connectivity index (χ1v) is 6.68. The van der Waals surface area contributed by atoms with Gasteiger partial charge in [-0.2, -0.15) is 0 Å². The molecule has 16 heavy (non-hydrogen) atoms. The summed E-state index contributed by atoms with van der Waals surface area (Å²) in [5.41, 5.74) is 0. The Bertz CT molecular complexity index is 203. The Morgan fingerprint density at radius 1 is 1.12 bits per heavy atom. The van der Waals surface area contributed by atoms with Crippen LogP contribution in [0.15, 0.2) is 0 Å². The van der Waals surface area contributed by atoms with E-state index in [2.05, 4.69) is 27.7 Å². The van der Waals surface area contributed by atoms with E-state index in [4.69, 9.17) is 4.74 Å². The largest absolute Gasteiger partial charge is 0.390 e. The standard InChI is InChI=1S/C14H28O2/c1-9(2)14(16-5)13(15)12-7-6-10(3)11(4)8-12/h9-15H,6-8H2,1-5H3. The van der Waals surface area contributed by atoms with Crippen LogP contribution in [-0.2, 0) is 4.74 Å². The van der Waals surface area contributed by atoms with Crippen molar-refractivity contribution in [1.29, 1.82) is 0 Å². The van der Waals surface area contributed by atoms with Crippen molar-refractivity contribution in [3.05, 3.63) is 0 Å². The van der Waals surface area contributed by atoms with Gasteiger partial charge < -0.3 is 9.84 Å². The van der Waals surface area contributed by atoms with Gasteiger partial charge in [0.05, 0.1) is 12.2 Å². The van der Waals surface area contributed by atoms with Gasteiger partial charge in [0.2, 0.25) is 0 Å². The summed E-state index contributed by atoms with van der Waals surface area (Å²) in [4.78, 5) is 0. The third-order valence-corrected chi connectivity index (χ3v) is 4.39. The van der Waals surface area contributed by atoms with Crippen molar-refractivity contribution >= 4 is 0 Å². The van der Waals surface area contributed by atoms with Crippen LogP contribution in [0, 0.1) is 23.7 Å². The second-order valence-corrected chi connectivity index (χ2v) is 5.96. The highest BCUT2D eigenvalue weighted by atomic mass is 16.5. The second-order valence-electron chi connectivity index (χ2n) is 5.96. The van der Waals surface area contributed by atoms with Crippen LogP contribution >= 0.6 is 0 Å². The summed E-state index contributed by atoms with van der Waals surface area (Å²) in [6.07, 6.45) is 3.25. The van der Waals surface area contributed by atoms with Crippen LogP contribution in [-0.4, -0.2) is 24.4 Å². The molecule has 1 aliphatic rings. The molecular weight excluding hydrogens is 200 g/mol. The SMILES string of the molecule is COC(C(C)C)C(O)C1CCC(C)C(C)C1. The molecule has 0 amide bonds. The predicted molar refractivity (Wildman–Crippen MR) is 67.3 cm³/mol. The third kappa shape index (κ3) is 3.21. The van der Waals surface area contributed by atoms with Crippen LogP contribution in [0.5, 0.6) is 0 Å². The topological polar surface area (TPSA) is 29.5 Å². The number of aliphatic hydroxyl groups excluding tert-OH is 1. The van der Waals surface area contributed by atoms with E-state index in [1.165, 1.54) is 6.42 Å². The molecule has 0 aromatic rings. The molecule has 0 aliphatic heterocycles. The Balaban J connectivity index is 2.56. The van der Waals surface area contributed by atoms with Gasteiger partial charge in [0.25, 0.3) is 0 Å². The Morgan fingerprint density at radius 2 is 1.75 bits per heavy atom. The summed E-state index contributed by atoms with van der Waals surface area (Å²) in [6, 6.07) is 0. The molecule has 96 valence electrons. The lowest BCUT2D eigenvalue weighted by molar-refractivity contribution is -0.0768. The number of hydrogen-bond donors (Lipinski definition) is 1. The fourth-order valence-electron chi connectivity index (χ4n) is 2.97. The van der Waals surface area contributed by atoms with Gasteiger partial charge in [0.1, 0.15) is 0 Å². The minimum absolute atomic E-state index is 0.00870. The van der Waals surface area contributed by atoms with E-state index in [9.17, 15) is 5.11 Å². The highest BCUT2D eigenvalue weighted by molar-refractivity contribution is 4.84. The highest BCUT2D eigenvalue weighted by Crippen LogP contribution is 2.36. The van der Waals surface area contributed by atoms with Gasteiger partial charge in [-0.1, -0.05) is 34.1 Å². The lowest BCUT2D eigenvalue weighted by atomic mass is 9.72. The van der Waals surface area contributed by atoms with E-state index in [-0.39, 0.29) is 12.2 Å². The average molecular weight is 228 g/mol. The molecule has 0 saturated heterocycles. The Kier molecular flexibility index (Phi) is 5.26. The van der Waals surface area contributed by atoms with Crippen molar-refractivity contribution in [2.75, 3.05) is 7.11 Å². The summed E-state index contributed by atoms with van der Waals surface area (Å²) in [5.74, 6) is 2.36. The zero-order chi connectivity index (χ0) is 12.3. The van der Waals surface area contributed by atoms with E-state index in [0.717, 1.165) is 24.7 Å². The number of aliphatic hydroxyl groups is 1. The molecule has 1 aliphatic carbocycles. The molecule has 5 atom stereocenters. The molecule has 0 spiro atoms. The maximum atomic E-state index is 10.4. The first kappa shape index (κ1) is 14.0. The normalized spacial score (nSPS) is 35.1. The van der Waals surface area contributed by atoms with Crippen LogP contribution in [0.4, 0.5) is 0 Å². The van der Waals surface area contributed by atoms with Crippen LogP contribution in [0.3, 0.4) is 0 Å². The molecule has 0 bridgehead atoms. The summed E-state index contributed by atoms with van der Waals surface area (Å²) < 4.78 is 5.44. The average Bonchev–Trinajstić information content (AvgIpc) is 2.22. The van der Waals surface area contributed by atoms with Crippen molar-refractivity contribution in [3.8, 4) is 0 Å². The Hall–Kier alpha value is -0.0800. The van der Waals surface area contributed by atoms with E-state index in [1.54, 1.807) is 7.11 Å². The van der Waals surface area contributed by atoms with Gasteiger partial charge in [-0.15, -0.1) is 0 Å². The number of hydrogen-bond acceptors (Lipinski definition) is 2. The maximum absolute atomic E-state index is 10.4. The molecule has 2 heteroatoms. The molecule has 1 N–H and O–H groups in total. The number of methoxy groups -OCH3 is 1. The Morgan fingerprint density at radius 3 is 2.19 bits per heavy atom. The van der Waals surface area contributed by atoms with Crippen molar-refractivity contribution in [2.45, 2.75) is 59.2 Å². The lowest BCUT2D eigenvalue weighted by Gasteiger charge is -2.38. The van der Waals surface area contributed by atoms with Crippen LogP contribution in [0.1, 0.15) is 47.0 Å². The molecule has 5 unspecified atom stereocenters. The lowest BCUT2D eigenvalue weighted by Crippen LogP contribution is -2.41. The minimum atomic E-state index is -0.292. The van der Waals surface area contributed by atoms with Crippen LogP contribution in [0.2, 0.25) is 0 Å². The first-order chi connectivity index (χ1) is 7.47. The molecule has 0 aromatic heterocycles. The minimum Gasteiger partial charge on any atom is -0.390 e. The molecule has 1 rings (SSSR count). The predicted octanol–water partition coefficient (Wildman–Crippen LogP) is 3.09. The van der Waals surface area contributed by atoms with E-state index in [0.29, 0.717) is 11.8 Å². The van der Waals surface area contributed by atoms with Crippen molar-refractivity contribution in [2.24, 2.45) is 23.7 Å². The van der Waals surface area contributed by atoms with Crippen molar-refractivity contribution in [1.82, 2.24) is 0 Å². The zero-order valence-corrected chi connectivity index (χ0v) is 11.4.